The van der Waals surface area contributed by atoms with Crippen molar-refractivity contribution >= 4 is 35.1 Å². The Hall–Kier alpha value is -2.76. The summed E-state index contributed by atoms with van der Waals surface area (Å²) in [5, 5.41) is 5.43. The number of benzene rings is 2. The van der Waals surface area contributed by atoms with Crippen LogP contribution in [0.5, 0.6) is 11.5 Å². The molecule has 144 valence electrons. The van der Waals surface area contributed by atoms with Gasteiger partial charge in [-0.2, -0.15) is 5.10 Å². The molecule has 0 saturated carbocycles. The molecule has 0 amide bonds. The van der Waals surface area contributed by atoms with Crippen LogP contribution in [-0.4, -0.2) is 29.8 Å². The number of ether oxygens (including phenoxy) is 2. The maximum absolute atomic E-state index is 12.6. The van der Waals surface area contributed by atoms with E-state index in [1.165, 1.54) is 13.2 Å². The summed E-state index contributed by atoms with van der Waals surface area (Å²) < 4.78 is 12.0. The highest BCUT2D eigenvalue weighted by atomic mass is 35.5. The molecule has 5 nitrogen and oxygen atoms in total. The minimum Gasteiger partial charge on any atom is -0.497 e. The van der Waals surface area contributed by atoms with Gasteiger partial charge in [0.1, 0.15) is 16.7 Å². The van der Waals surface area contributed by atoms with Gasteiger partial charge in [0.05, 0.1) is 31.2 Å². The number of allylic oxidation sites excluding steroid dienone is 1. The second kappa shape index (κ2) is 8.50. The zero-order chi connectivity index (χ0) is 20.3. The monoisotopic (exact) mass is 416 g/mol. The number of aryl methyl sites for hydroxylation is 1. The fourth-order valence-corrected chi connectivity index (χ4v) is 3.25. The summed E-state index contributed by atoms with van der Waals surface area (Å²) >= 11 is 12.5. The fraction of sp³-hybridized carbons (Fsp3) is 0.143. The van der Waals surface area contributed by atoms with Crippen LogP contribution in [0.2, 0.25) is 10.2 Å². The molecule has 0 unspecified atom stereocenters. The number of hydrogen-bond donors (Lipinski definition) is 0. The summed E-state index contributed by atoms with van der Waals surface area (Å²) in [5.74, 6) is 0.830. The smallest absolute Gasteiger partial charge is 0.189 e. The summed E-state index contributed by atoms with van der Waals surface area (Å²) in [6.45, 7) is 1.82. The van der Waals surface area contributed by atoms with E-state index in [1.807, 2.05) is 19.1 Å². The standard InChI is InChI=1S/C21H18Cl2N2O3/c1-13-17(21(23)25(24-13)15-6-4-5-14(22)11-15)9-10-19(26)18-8-7-16(27-2)12-20(18)28-3/h4-12H,1-3H3. The molecule has 0 spiro atoms. The summed E-state index contributed by atoms with van der Waals surface area (Å²) in [6.07, 6.45) is 3.10. The average Bonchev–Trinajstić information content (AvgIpc) is 2.99. The van der Waals surface area contributed by atoms with Crippen LogP contribution in [0.3, 0.4) is 0 Å². The van der Waals surface area contributed by atoms with Gasteiger partial charge in [-0.1, -0.05) is 29.3 Å². The fourth-order valence-electron chi connectivity index (χ4n) is 2.73. The third kappa shape index (κ3) is 4.06. The van der Waals surface area contributed by atoms with Crippen LogP contribution in [0.15, 0.2) is 48.5 Å². The predicted molar refractivity (Wildman–Crippen MR) is 111 cm³/mol. The molecule has 28 heavy (non-hydrogen) atoms. The molecule has 0 atom stereocenters. The second-order valence-corrected chi connectivity index (χ2v) is 6.74. The third-order valence-corrected chi connectivity index (χ3v) is 4.78. The average molecular weight is 417 g/mol. The Kier molecular flexibility index (Phi) is 6.07. The number of carbonyl (C=O) groups excluding carboxylic acids is 1. The molecule has 0 radical (unpaired) electrons. The Labute approximate surface area is 173 Å². The SMILES string of the molecule is COc1ccc(C(=O)C=Cc2c(C)nn(-c3cccc(Cl)c3)c2Cl)c(OC)c1. The minimum absolute atomic E-state index is 0.217. The van der Waals surface area contributed by atoms with Gasteiger partial charge in [-0.05, 0) is 49.4 Å². The number of methoxy groups -OCH3 is 2. The van der Waals surface area contributed by atoms with E-state index in [-0.39, 0.29) is 5.78 Å². The lowest BCUT2D eigenvalue weighted by atomic mass is 10.1. The van der Waals surface area contributed by atoms with Crippen molar-refractivity contribution in [2.45, 2.75) is 6.92 Å². The van der Waals surface area contributed by atoms with Crippen LogP contribution in [0.4, 0.5) is 0 Å². The van der Waals surface area contributed by atoms with Crippen molar-refractivity contribution in [1.82, 2.24) is 9.78 Å². The Balaban J connectivity index is 1.92. The molecule has 1 heterocycles. The minimum atomic E-state index is -0.217. The van der Waals surface area contributed by atoms with Gasteiger partial charge < -0.3 is 9.47 Å². The zero-order valence-corrected chi connectivity index (χ0v) is 17.1. The van der Waals surface area contributed by atoms with Crippen molar-refractivity contribution in [2.24, 2.45) is 0 Å². The van der Waals surface area contributed by atoms with Crippen LogP contribution in [-0.2, 0) is 0 Å². The third-order valence-electron chi connectivity index (χ3n) is 4.18. The Morgan fingerprint density at radius 1 is 1.11 bits per heavy atom. The first-order valence-electron chi connectivity index (χ1n) is 8.40. The van der Waals surface area contributed by atoms with E-state index in [2.05, 4.69) is 5.10 Å². The van der Waals surface area contributed by atoms with Gasteiger partial charge in [-0.15, -0.1) is 0 Å². The molecule has 2 aromatic carbocycles. The normalized spacial score (nSPS) is 11.0. The van der Waals surface area contributed by atoms with Crippen molar-refractivity contribution < 1.29 is 14.3 Å². The summed E-state index contributed by atoms with van der Waals surface area (Å²) in [6, 6.07) is 12.2. The molecule has 1 aromatic heterocycles. The molecule has 0 fully saturated rings. The molecule has 3 rings (SSSR count). The lowest BCUT2D eigenvalue weighted by molar-refractivity contribution is 0.104. The van der Waals surface area contributed by atoms with Crippen LogP contribution in [0.1, 0.15) is 21.6 Å². The van der Waals surface area contributed by atoms with E-state index in [4.69, 9.17) is 32.7 Å². The maximum atomic E-state index is 12.6. The second-order valence-electron chi connectivity index (χ2n) is 5.95. The van der Waals surface area contributed by atoms with Gasteiger partial charge in [-0.25, -0.2) is 4.68 Å². The molecular formula is C21H18Cl2N2O3. The van der Waals surface area contributed by atoms with Crippen LogP contribution >= 0.6 is 23.2 Å². The van der Waals surface area contributed by atoms with Crippen molar-refractivity contribution in [1.29, 1.82) is 0 Å². The van der Waals surface area contributed by atoms with Gasteiger partial charge in [0.2, 0.25) is 0 Å². The Bertz CT molecular complexity index is 1060. The first-order valence-corrected chi connectivity index (χ1v) is 9.15. The number of aromatic nitrogens is 2. The number of nitrogens with zero attached hydrogens (tertiary/aromatic N) is 2. The van der Waals surface area contributed by atoms with E-state index in [0.29, 0.717) is 38.5 Å². The first-order chi connectivity index (χ1) is 13.4. The lowest BCUT2D eigenvalue weighted by Crippen LogP contribution is -1.99. The van der Waals surface area contributed by atoms with E-state index >= 15 is 0 Å². The van der Waals surface area contributed by atoms with Crippen molar-refractivity contribution in [2.75, 3.05) is 14.2 Å². The molecule has 0 aliphatic heterocycles. The Morgan fingerprint density at radius 2 is 1.89 bits per heavy atom. The zero-order valence-electron chi connectivity index (χ0n) is 15.6. The lowest BCUT2D eigenvalue weighted by Gasteiger charge is -2.07. The largest absolute Gasteiger partial charge is 0.497 e. The number of halogens is 2. The van der Waals surface area contributed by atoms with E-state index in [9.17, 15) is 4.79 Å². The van der Waals surface area contributed by atoms with Crippen LogP contribution < -0.4 is 9.47 Å². The van der Waals surface area contributed by atoms with Crippen molar-refractivity contribution in [3.05, 3.63) is 75.5 Å². The van der Waals surface area contributed by atoms with E-state index in [0.717, 1.165) is 5.69 Å². The highest BCUT2D eigenvalue weighted by Crippen LogP contribution is 2.28. The first kappa shape index (κ1) is 20.0. The number of rotatable bonds is 6. The predicted octanol–water partition coefficient (Wildman–Crippen LogP) is 5.40. The highest BCUT2D eigenvalue weighted by molar-refractivity contribution is 6.32. The summed E-state index contributed by atoms with van der Waals surface area (Å²) in [7, 11) is 3.06. The molecular weight excluding hydrogens is 399 g/mol. The van der Waals surface area contributed by atoms with Crippen LogP contribution in [0.25, 0.3) is 11.8 Å². The van der Waals surface area contributed by atoms with Gasteiger partial charge in [-0.3, -0.25) is 4.79 Å². The topological polar surface area (TPSA) is 53.3 Å². The highest BCUT2D eigenvalue weighted by Gasteiger charge is 2.15. The number of carbonyl (C=O) groups is 1. The molecule has 0 N–H and O–H groups in total. The quantitative estimate of drug-likeness (QED) is 0.398. The molecule has 3 aromatic rings. The number of ketones is 1. The van der Waals surface area contributed by atoms with E-state index < -0.39 is 0 Å². The molecule has 0 bridgehead atoms. The number of hydrogen-bond acceptors (Lipinski definition) is 4. The van der Waals surface area contributed by atoms with Gasteiger partial charge in [0.15, 0.2) is 5.78 Å². The van der Waals surface area contributed by atoms with Gasteiger partial charge >= 0.3 is 0 Å². The van der Waals surface area contributed by atoms with Crippen molar-refractivity contribution in [3.63, 3.8) is 0 Å². The van der Waals surface area contributed by atoms with Gasteiger partial charge in [0, 0.05) is 16.7 Å². The van der Waals surface area contributed by atoms with E-state index in [1.54, 1.807) is 48.2 Å². The molecule has 0 aliphatic carbocycles. The molecule has 7 heteroatoms. The van der Waals surface area contributed by atoms with Crippen molar-refractivity contribution in [3.8, 4) is 17.2 Å². The molecule has 0 saturated heterocycles. The molecule has 0 aliphatic rings. The maximum Gasteiger partial charge on any atom is 0.189 e. The van der Waals surface area contributed by atoms with Gasteiger partial charge in [0.25, 0.3) is 0 Å². The van der Waals surface area contributed by atoms with Crippen LogP contribution in [0, 0.1) is 6.92 Å². The Morgan fingerprint density at radius 3 is 2.57 bits per heavy atom. The summed E-state index contributed by atoms with van der Waals surface area (Å²) in [4.78, 5) is 12.6. The summed E-state index contributed by atoms with van der Waals surface area (Å²) in [5.41, 5.74) is 2.51.